The summed E-state index contributed by atoms with van der Waals surface area (Å²) in [5.74, 6) is 0.162. The number of sulfonamides is 1. The molecule has 1 amide bonds. The van der Waals surface area contributed by atoms with Crippen molar-refractivity contribution in [3.63, 3.8) is 0 Å². The highest BCUT2D eigenvalue weighted by Gasteiger charge is 2.22. The summed E-state index contributed by atoms with van der Waals surface area (Å²) in [4.78, 5) is 12.2. The van der Waals surface area contributed by atoms with E-state index in [4.69, 9.17) is 0 Å². The van der Waals surface area contributed by atoms with Crippen LogP contribution in [0.15, 0.2) is 47.4 Å². The Labute approximate surface area is 143 Å². The van der Waals surface area contributed by atoms with Crippen LogP contribution >= 0.6 is 0 Å². The van der Waals surface area contributed by atoms with Gasteiger partial charge in [0.1, 0.15) is 0 Å². The van der Waals surface area contributed by atoms with Gasteiger partial charge in [-0.1, -0.05) is 44.2 Å². The van der Waals surface area contributed by atoms with Crippen LogP contribution in [0.4, 0.5) is 0 Å². The fraction of sp³-hybridized carbons (Fsp3) is 0.389. The molecule has 0 aliphatic carbocycles. The molecule has 0 bridgehead atoms. The SMILES string of the molecule is CC(C)CCNC(=O)[C@H](C)NS(=O)(=O)c1ccc2ccccc2c1. The van der Waals surface area contributed by atoms with Crippen LogP contribution in [-0.4, -0.2) is 26.9 Å². The number of benzene rings is 2. The van der Waals surface area contributed by atoms with Crippen LogP contribution in [0.3, 0.4) is 0 Å². The van der Waals surface area contributed by atoms with Crippen molar-refractivity contribution in [1.29, 1.82) is 0 Å². The molecule has 0 saturated heterocycles. The maximum Gasteiger partial charge on any atom is 0.241 e. The molecule has 2 aromatic carbocycles. The molecule has 0 aliphatic rings. The summed E-state index contributed by atoms with van der Waals surface area (Å²) in [5, 5.41) is 4.56. The van der Waals surface area contributed by atoms with Crippen LogP contribution in [-0.2, 0) is 14.8 Å². The highest BCUT2D eigenvalue weighted by atomic mass is 32.2. The first-order valence-electron chi connectivity index (χ1n) is 8.08. The lowest BCUT2D eigenvalue weighted by molar-refractivity contribution is -0.122. The van der Waals surface area contributed by atoms with Crippen molar-refractivity contribution in [3.8, 4) is 0 Å². The van der Waals surface area contributed by atoms with Crippen LogP contribution < -0.4 is 10.0 Å². The number of nitrogens with one attached hydrogen (secondary N) is 2. The third-order valence-corrected chi connectivity index (χ3v) is 5.32. The predicted molar refractivity (Wildman–Crippen MR) is 96.2 cm³/mol. The van der Waals surface area contributed by atoms with Crippen LogP contribution in [0, 0.1) is 5.92 Å². The molecular formula is C18H24N2O3S. The Bertz CT molecular complexity index is 816. The number of carbonyl (C=O) groups is 1. The van der Waals surface area contributed by atoms with E-state index in [9.17, 15) is 13.2 Å². The van der Waals surface area contributed by atoms with Crippen LogP contribution in [0.5, 0.6) is 0 Å². The summed E-state index contributed by atoms with van der Waals surface area (Å²) in [6, 6.07) is 11.6. The molecular weight excluding hydrogens is 324 g/mol. The highest BCUT2D eigenvalue weighted by Crippen LogP contribution is 2.19. The summed E-state index contributed by atoms with van der Waals surface area (Å²) in [7, 11) is -3.75. The van der Waals surface area contributed by atoms with E-state index in [1.54, 1.807) is 25.1 Å². The molecule has 0 unspecified atom stereocenters. The van der Waals surface area contributed by atoms with Crippen molar-refractivity contribution >= 4 is 26.7 Å². The topological polar surface area (TPSA) is 75.3 Å². The van der Waals surface area contributed by atoms with Gasteiger partial charge in [-0.3, -0.25) is 4.79 Å². The van der Waals surface area contributed by atoms with Crippen molar-refractivity contribution in [1.82, 2.24) is 10.0 Å². The van der Waals surface area contributed by atoms with Gasteiger partial charge in [-0.2, -0.15) is 4.72 Å². The molecule has 0 heterocycles. The standard InChI is InChI=1S/C18H24N2O3S/c1-13(2)10-11-19-18(21)14(3)20-24(22,23)17-9-8-15-6-4-5-7-16(15)12-17/h4-9,12-14,20H,10-11H2,1-3H3,(H,19,21)/t14-/m0/s1. The fourth-order valence-electron chi connectivity index (χ4n) is 2.33. The minimum absolute atomic E-state index is 0.156. The summed E-state index contributed by atoms with van der Waals surface area (Å²) in [6.07, 6.45) is 0.857. The second kappa shape index (κ2) is 7.77. The lowest BCUT2D eigenvalue weighted by atomic mass is 10.1. The molecule has 0 fully saturated rings. The average Bonchev–Trinajstić information content (AvgIpc) is 2.53. The van der Waals surface area contributed by atoms with Gasteiger partial charge in [-0.15, -0.1) is 0 Å². The Morgan fingerprint density at radius 2 is 1.71 bits per heavy atom. The second-order valence-electron chi connectivity index (χ2n) is 6.33. The number of hydrogen-bond donors (Lipinski definition) is 2. The molecule has 0 spiro atoms. The molecule has 0 aromatic heterocycles. The smallest absolute Gasteiger partial charge is 0.241 e. The number of carbonyl (C=O) groups excluding carboxylic acids is 1. The quantitative estimate of drug-likeness (QED) is 0.808. The number of amides is 1. The third kappa shape index (κ3) is 4.79. The minimum atomic E-state index is -3.75. The molecule has 1 atom stereocenters. The number of hydrogen-bond acceptors (Lipinski definition) is 3. The summed E-state index contributed by atoms with van der Waals surface area (Å²) >= 11 is 0. The van der Waals surface area contributed by atoms with Gasteiger partial charge in [0.05, 0.1) is 10.9 Å². The molecule has 0 radical (unpaired) electrons. The van der Waals surface area contributed by atoms with Crippen molar-refractivity contribution in [3.05, 3.63) is 42.5 Å². The van der Waals surface area contributed by atoms with Gasteiger partial charge in [0.2, 0.25) is 15.9 Å². The first-order chi connectivity index (χ1) is 11.3. The largest absolute Gasteiger partial charge is 0.355 e. The summed E-state index contributed by atoms with van der Waals surface area (Å²) in [6.45, 7) is 6.22. The molecule has 5 nitrogen and oxygen atoms in total. The summed E-state index contributed by atoms with van der Waals surface area (Å²) in [5.41, 5.74) is 0. The van der Waals surface area contributed by atoms with Crippen molar-refractivity contribution in [2.75, 3.05) is 6.54 Å². The average molecular weight is 348 g/mol. The van der Waals surface area contributed by atoms with E-state index in [1.807, 2.05) is 24.3 Å². The molecule has 0 saturated carbocycles. The van der Waals surface area contributed by atoms with E-state index in [0.717, 1.165) is 17.2 Å². The van der Waals surface area contributed by atoms with E-state index in [2.05, 4.69) is 23.9 Å². The monoisotopic (exact) mass is 348 g/mol. The zero-order chi connectivity index (χ0) is 17.7. The van der Waals surface area contributed by atoms with Crippen LogP contribution in [0.1, 0.15) is 27.2 Å². The molecule has 6 heteroatoms. The van der Waals surface area contributed by atoms with Crippen LogP contribution in [0.25, 0.3) is 10.8 Å². The lowest BCUT2D eigenvalue weighted by Crippen LogP contribution is -2.45. The first kappa shape index (κ1) is 18.4. The molecule has 2 N–H and O–H groups in total. The van der Waals surface area contributed by atoms with Gasteiger partial charge >= 0.3 is 0 Å². The van der Waals surface area contributed by atoms with Gasteiger partial charge in [0, 0.05) is 6.54 Å². The van der Waals surface area contributed by atoms with Gasteiger partial charge < -0.3 is 5.32 Å². The molecule has 2 rings (SSSR count). The Balaban J connectivity index is 2.07. The van der Waals surface area contributed by atoms with E-state index < -0.39 is 16.1 Å². The molecule has 130 valence electrons. The Hall–Kier alpha value is -1.92. The first-order valence-corrected chi connectivity index (χ1v) is 9.57. The lowest BCUT2D eigenvalue weighted by Gasteiger charge is -2.15. The molecule has 24 heavy (non-hydrogen) atoms. The van der Waals surface area contributed by atoms with Crippen LogP contribution in [0.2, 0.25) is 0 Å². The number of fused-ring (bicyclic) bond motifs is 1. The predicted octanol–water partition coefficient (Wildman–Crippen LogP) is 2.67. The normalized spacial score (nSPS) is 13.2. The van der Waals surface area contributed by atoms with E-state index in [0.29, 0.717) is 12.5 Å². The van der Waals surface area contributed by atoms with E-state index in [1.165, 1.54) is 0 Å². The van der Waals surface area contributed by atoms with E-state index in [-0.39, 0.29) is 10.8 Å². The van der Waals surface area contributed by atoms with Crippen molar-refractivity contribution in [2.24, 2.45) is 5.92 Å². The summed E-state index contributed by atoms with van der Waals surface area (Å²) < 4.78 is 27.4. The zero-order valence-corrected chi connectivity index (χ0v) is 15.1. The Morgan fingerprint density at radius 3 is 2.38 bits per heavy atom. The minimum Gasteiger partial charge on any atom is -0.355 e. The molecule has 0 aliphatic heterocycles. The van der Waals surface area contributed by atoms with E-state index >= 15 is 0 Å². The van der Waals surface area contributed by atoms with Gasteiger partial charge in [-0.05, 0) is 42.2 Å². The Kier molecular flexibility index (Phi) is 5.96. The van der Waals surface area contributed by atoms with Gasteiger partial charge in [0.25, 0.3) is 0 Å². The van der Waals surface area contributed by atoms with Crippen molar-refractivity contribution in [2.45, 2.75) is 38.1 Å². The third-order valence-electron chi connectivity index (χ3n) is 3.78. The Morgan fingerprint density at radius 1 is 1.04 bits per heavy atom. The highest BCUT2D eigenvalue weighted by molar-refractivity contribution is 7.89. The second-order valence-corrected chi connectivity index (χ2v) is 8.04. The number of rotatable bonds is 7. The maximum atomic E-state index is 12.5. The molecule has 2 aromatic rings. The fourth-order valence-corrected chi connectivity index (χ4v) is 3.56. The van der Waals surface area contributed by atoms with Gasteiger partial charge in [-0.25, -0.2) is 8.42 Å². The van der Waals surface area contributed by atoms with Crippen molar-refractivity contribution < 1.29 is 13.2 Å². The zero-order valence-electron chi connectivity index (χ0n) is 14.2. The van der Waals surface area contributed by atoms with Gasteiger partial charge in [0.15, 0.2) is 0 Å². The maximum absolute atomic E-state index is 12.5.